The number of hydrogen-bond donors (Lipinski definition) is 0. The second-order valence-electron chi connectivity index (χ2n) is 9.18. The van der Waals surface area contributed by atoms with Crippen molar-refractivity contribution in [1.29, 1.82) is 0 Å². The molecule has 0 aliphatic carbocycles. The third-order valence-corrected chi connectivity index (χ3v) is 7.85. The van der Waals surface area contributed by atoms with Crippen LogP contribution in [-0.2, 0) is 29.8 Å². The van der Waals surface area contributed by atoms with E-state index in [1.165, 1.54) is 7.11 Å². The lowest BCUT2D eigenvalue weighted by Crippen LogP contribution is -2.32. The van der Waals surface area contributed by atoms with Gasteiger partial charge in [0.05, 0.1) is 37.7 Å². The van der Waals surface area contributed by atoms with Crippen LogP contribution in [0.4, 0.5) is 0 Å². The molecule has 0 saturated carbocycles. The van der Waals surface area contributed by atoms with Crippen molar-refractivity contribution in [1.82, 2.24) is 29.7 Å². The van der Waals surface area contributed by atoms with Crippen LogP contribution < -0.4 is 4.74 Å². The molecule has 208 valence electrons. The first-order valence-electron chi connectivity index (χ1n) is 12.2. The van der Waals surface area contributed by atoms with Gasteiger partial charge in [0.1, 0.15) is 23.4 Å². The van der Waals surface area contributed by atoms with Crippen LogP contribution in [0.15, 0.2) is 30.6 Å². The zero-order chi connectivity index (χ0) is 27.9. The number of sulfone groups is 1. The Morgan fingerprint density at radius 3 is 2.21 bits per heavy atom. The summed E-state index contributed by atoms with van der Waals surface area (Å²) < 4.78 is 51.4. The molecule has 12 nitrogen and oxygen atoms in total. The van der Waals surface area contributed by atoms with E-state index >= 15 is 0 Å². The van der Waals surface area contributed by atoms with E-state index in [1.54, 1.807) is 56.3 Å². The molecule has 0 amide bonds. The Kier molecular flexibility index (Phi) is 10.3. The van der Waals surface area contributed by atoms with Crippen molar-refractivity contribution in [2.24, 2.45) is 0 Å². The van der Waals surface area contributed by atoms with Gasteiger partial charge in [0.15, 0.2) is 21.5 Å². The van der Waals surface area contributed by atoms with Crippen molar-refractivity contribution in [2.45, 2.75) is 56.9 Å². The van der Waals surface area contributed by atoms with Gasteiger partial charge in [-0.2, -0.15) is 0 Å². The van der Waals surface area contributed by atoms with E-state index in [9.17, 15) is 8.42 Å². The first-order chi connectivity index (χ1) is 18.1. The number of aryl methyl sites for hydroxylation is 1. The van der Waals surface area contributed by atoms with Gasteiger partial charge in [0.25, 0.3) is 0 Å². The van der Waals surface area contributed by atoms with E-state index in [1.807, 2.05) is 20.8 Å². The lowest BCUT2D eigenvalue weighted by Gasteiger charge is -2.26. The Morgan fingerprint density at radius 2 is 1.63 bits per heavy atom. The van der Waals surface area contributed by atoms with Gasteiger partial charge in [-0.1, -0.05) is 6.07 Å². The summed E-state index contributed by atoms with van der Waals surface area (Å²) in [5, 5.41) is 7.62. The molecule has 2 atom stereocenters. The van der Waals surface area contributed by atoms with Gasteiger partial charge in [0, 0.05) is 32.7 Å². The molecule has 0 unspecified atom stereocenters. The normalized spacial score (nSPS) is 13.7. The summed E-state index contributed by atoms with van der Waals surface area (Å²) in [5.74, 6) is 0.890. The lowest BCUT2D eigenvalue weighted by molar-refractivity contribution is 0.00140. The standard InChI is InChI=1S/C25H36N6O6S/c1-16(2)37-23(24-26-11-17(3)12-27-24)18(4)38(32,33)15-21-29-30-25(20-9-8-10-22(28-20)36-7)31(21)19(13-34-5)14-35-6/h8-12,16,18-19,23H,13-15H2,1-7H3/t18-,23+/m0/s1. The molecule has 0 bridgehead atoms. The second kappa shape index (κ2) is 13.2. The number of methoxy groups -OCH3 is 3. The number of nitrogens with zero attached hydrogens (tertiary/aromatic N) is 6. The Hall–Kier alpha value is -3.00. The van der Waals surface area contributed by atoms with Crippen molar-refractivity contribution in [3.8, 4) is 17.4 Å². The van der Waals surface area contributed by atoms with E-state index in [0.29, 0.717) is 23.2 Å². The topological polar surface area (TPSA) is 140 Å². The molecular weight excluding hydrogens is 512 g/mol. The fourth-order valence-electron chi connectivity index (χ4n) is 3.94. The first-order valence-corrected chi connectivity index (χ1v) is 13.9. The SMILES string of the molecule is COCC(COC)n1c(CS(=O)(=O)[C@@H](C)[C@@H](OC(C)C)c2ncc(C)cn2)nnc1-c1cccc(OC)n1. The highest BCUT2D eigenvalue weighted by atomic mass is 32.2. The molecule has 3 heterocycles. The first kappa shape index (κ1) is 29.6. The highest BCUT2D eigenvalue weighted by molar-refractivity contribution is 7.91. The molecule has 0 fully saturated rings. The molecule has 0 saturated heterocycles. The maximum Gasteiger partial charge on any atom is 0.213 e. The predicted octanol–water partition coefficient (Wildman–Crippen LogP) is 2.75. The molecular formula is C25H36N6O6S. The number of rotatable bonds is 14. The number of hydrogen-bond acceptors (Lipinski definition) is 11. The van der Waals surface area contributed by atoms with Gasteiger partial charge in [-0.3, -0.25) is 0 Å². The van der Waals surface area contributed by atoms with Gasteiger partial charge >= 0.3 is 0 Å². The zero-order valence-electron chi connectivity index (χ0n) is 22.9. The fraction of sp³-hybridized carbons (Fsp3) is 0.560. The molecule has 13 heteroatoms. The minimum Gasteiger partial charge on any atom is -0.481 e. The predicted molar refractivity (Wildman–Crippen MR) is 140 cm³/mol. The van der Waals surface area contributed by atoms with Crippen molar-refractivity contribution in [2.75, 3.05) is 34.5 Å². The van der Waals surface area contributed by atoms with Crippen molar-refractivity contribution in [3.63, 3.8) is 0 Å². The summed E-state index contributed by atoms with van der Waals surface area (Å²) in [7, 11) is 0.797. The molecule has 3 rings (SSSR count). The molecule has 3 aromatic rings. The quantitative estimate of drug-likeness (QED) is 0.294. The van der Waals surface area contributed by atoms with Gasteiger partial charge < -0.3 is 23.5 Å². The van der Waals surface area contributed by atoms with Crippen molar-refractivity contribution < 1.29 is 27.4 Å². The van der Waals surface area contributed by atoms with E-state index in [-0.39, 0.29) is 25.1 Å². The Labute approximate surface area is 223 Å². The molecule has 0 aromatic carbocycles. The fourth-order valence-corrected chi connectivity index (χ4v) is 5.32. The summed E-state index contributed by atoms with van der Waals surface area (Å²) >= 11 is 0. The van der Waals surface area contributed by atoms with Crippen molar-refractivity contribution >= 4 is 9.84 Å². The number of aromatic nitrogens is 6. The second-order valence-corrected chi connectivity index (χ2v) is 11.5. The monoisotopic (exact) mass is 548 g/mol. The zero-order valence-corrected chi connectivity index (χ0v) is 23.7. The molecule has 0 spiro atoms. The van der Waals surface area contributed by atoms with Crippen LogP contribution in [-0.4, -0.2) is 84.0 Å². The third-order valence-electron chi connectivity index (χ3n) is 5.81. The van der Waals surface area contributed by atoms with E-state index in [0.717, 1.165) is 5.56 Å². The van der Waals surface area contributed by atoms with Crippen LogP contribution in [0.1, 0.15) is 50.1 Å². The van der Waals surface area contributed by atoms with Crippen LogP contribution in [0.2, 0.25) is 0 Å². The lowest BCUT2D eigenvalue weighted by atomic mass is 10.2. The number of ether oxygens (including phenoxy) is 4. The van der Waals surface area contributed by atoms with Crippen molar-refractivity contribution in [3.05, 3.63) is 47.8 Å². The van der Waals surface area contributed by atoms with E-state index in [2.05, 4.69) is 25.1 Å². The average Bonchev–Trinajstić information content (AvgIpc) is 3.29. The maximum atomic E-state index is 13.8. The van der Waals surface area contributed by atoms with Crippen LogP contribution >= 0.6 is 0 Å². The summed E-state index contributed by atoms with van der Waals surface area (Å²) in [5.41, 5.74) is 1.33. The molecule has 0 aliphatic rings. The summed E-state index contributed by atoms with van der Waals surface area (Å²) in [6.45, 7) is 7.61. The molecule has 38 heavy (non-hydrogen) atoms. The highest BCUT2D eigenvalue weighted by Crippen LogP contribution is 2.29. The van der Waals surface area contributed by atoms with Gasteiger partial charge in [-0.15, -0.1) is 10.2 Å². The average molecular weight is 549 g/mol. The smallest absolute Gasteiger partial charge is 0.213 e. The van der Waals surface area contributed by atoms with Gasteiger partial charge in [-0.25, -0.2) is 23.4 Å². The molecule has 3 aromatic heterocycles. The number of pyridine rings is 1. The minimum atomic E-state index is -3.84. The highest BCUT2D eigenvalue weighted by Gasteiger charge is 2.36. The van der Waals surface area contributed by atoms with E-state index in [4.69, 9.17) is 18.9 Å². The third kappa shape index (κ3) is 7.10. The maximum absolute atomic E-state index is 13.8. The summed E-state index contributed by atoms with van der Waals surface area (Å²) in [6.07, 6.45) is 2.17. The van der Waals surface area contributed by atoms with Crippen LogP contribution in [0.5, 0.6) is 5.88 Å². The van der Waals surface area contributed by atoms with Crippen LogP contribution in [0.25, 0.3) is 11.5 Å². The van der Waals surface area contributed by atoms with Crippen LogP contribution in [0, 0.1) is 6.92 Å². The Morgan fingerprint density at radius 1 is 0.974 bits per heavy atom. The van der Waals surface area contributed by atoms with Gasteiger partial charge in [0.2, 0.25) is 5.88 Å². The van der Waals surface area contributed by atoms with Gasteiger partial charge in [-0.05, 0) is 39.3 Å². The van der Waals surface area contributed by atoms with E-state index < -0.39 is 33.0 Å². The summed E-state index contributed by atoms with van der Waals surface area (Å²) in [4.78, 5) is 13.1. The minimum absolute atomic E-state index is 0.226. The molecule has 0 N–H and O–H groups in total. The Bertz CT molecular complexity index is 1280. The van der Waals surface area contributed by atoms with Crippen LogP contribution in [0.3, 0.4) is 0 Å². The summed E-state index contributed by atoms with van der Waals surface area (Å²) in [6, 6.07) is 4.82. The molecule has 0 aliphatic heterocycles. The Balaban J connectivity index is 2.05. The molecule has 0 radical (unpaired) electrons. The largest absolute Gasteiger partial charge is 0.481 e.